The Bertz CT molecular complexity index is 419. The number of esters is 1. The van der Waals surface area contributed by atoms with Gasteiger partial charge in [0.15, 0.2) is 11.9 Å². The predicted molar refractivity (Wildman–Crippen MR) is 81.9 cm³/mol. The third-order valence-electron chi connectivity index (χ3n) is 5.19. The van der Waals surface area contributed by atoms with Gasteiger partial charge >= 0.3 is 5.97 Å². The van der Waals surface area contributed by atoms with E-state index in [1.54, 1.807) is 7.11 Å². The molecule has 3 fully saturated rings. The third-order valence-corrected chi connectivity index (χ3v) is 5.19. The first-order chi connectivity index (χ1) is 11.0. The molecule has 6 heteroatoms. The molecule has 0 radical (unpaired) electrons. The molecule has 2 aliphatic heterocycles. The van der Waals surface area contributed by atoms with E-state index in [9.17, 15) is 4.79 Å². The van der Waals surface area contributed by atoms with Crippen molar-refractivity contribution in [3.8, 4) is 0 Å². The first-order valence-corrected chi connectivity index (χ1v) is 8.68. The monoisotopic (exact) mass is 328 g/mol. The van der Waals surface area contributed by atoms with Crippen LogP contribution in [0.3, 0.4) is 0 Å². The van der Waals surface area contributed by atoms with Crippen molar-refractivity contribution in [3.05, 3.63) is 0 Å². The van der Waals surface area contributed by atoms with Crippen LogP contribution in [-0.2, 0) is 28.5 Å². The summed E-state index contributed by atoms with van der Waals surface area (Å²) >= 11 is 0. The summed E-state index contributed by atoms with van der Waals surface area (Å²) in [6, 6.07) is 0. The van der Waals surface area contributed by atoms with E-state index in [0.29, 0.717) is 13.2 Å². The topological polar surface area (TPSA) is 63.2 Å². The molecule has 1 spiro atoms. The fourth-order valence-electron chi connectivity index (χ4n) is 4.06. The lowest BCUT2D eigenvalue weighted by Gasteiger charge is -2.34. The highest BCUT2D eigenvalue weighted by atomic mass is 16.8. The van der Waals surface area contributed by atoms with E-state index < -0.39 is 11.9 Å². The molecule has 0 aromatic carbocycles. The number of carbonyl (C=O) groups excluding carboxylic acids is 1. The van der Waals surface area contributed by atoms with Gasteiger partial charge in [0.1, 0.15) is 12.2 Å². The maximum atomic E-state index is 11.6. The number of methoxy groups -OCH3 is 1. The first kappa shape index (κ1) is 17.1. The summed E-state index contributed by atoms with van der Waals surface area (Å²) in [5.74, 6) is -0.566. The molecule has 0 N–H and O–H groups in total. The van der Waals surface area contributed by atoms with Crippen LogP contribution in [0.4, 0.5) is 0 Å². The zero-order valence-corrected chi connectivity index (χ0v) is 14.3. The fourth-order valence-corrected chi connectivity index (χ4v) is 4.06. The Labute approximate surface area is 137 Å². The summed E-state index contributed by atoms with van der Waals surface area (Å²) in [5.41, 5.74) is 0. The standard InChI is InChI=1S/C17H28O6/c1-11-9-20-16(14(11)19-3)15(22-12(2)18)13-10-21-17(23-13)7-5-4-6-8-17/h11,13-16H,4-10H2,1-3H3/t11-,13+,14-,15-,16-/m0/s1. The Kier molecular flexibility index (Phi) is 5.26. The number of rotatable bonds is 4. The highest BCUT2D eigenvalue weighted by Gasteiger charge is 2.51. The van der Waals surface area contributed by atoms with Crippen LogP contribution in [-0.4, -0.2) is 56.5 Å². The van der Waals surface area contributed by atoms with Gasteiger partial charge in [-0.25, -0.2) is 0 Å². The van der Waals surface area contributed by atoms with Crippen molar-refractivity contribution in [1.82, 2.24) is 0 Å². The number of hydrogen-bond acceptors (Lipinski definition) is 6. The molecule has 132 valence electrons. The van der Waals surface area contributed by atoms with Crippen molar-refractivity contribution < 1.29 is 28.5 Å². The summed E-state index contributed by atoms with van der Waals surface area (Å²) in [5, 5.41) is 0. The van der Waals surface area contributed by atoms with Gasteiger partial charge in [0.2, 0.25) is 0 Å². The van der Waals surface area contributed by atoms with Crippen LogP contribution >= 0.6 is 0 Å². The van der Waals surface area contributed by atoms with Gasteiger partial charge in [-0.3, -0.25) is 4.79 Å². The molecule has 0 unspecified atom stereocenters. The lowest BCUT2D eigenvalue weighted by molar-refractivity contribution is -0.210. The lowest BCUT2D eigenvalue weighted by Crippen LogP contribution is -2.48. The van der Waals surface area contributed by atoms with Crippen LogP contribution in [0.5, 0.6) is 0 Å². The van der Waals surface area contributed by atoms with Crippen molar-refractivity contribution in [2.75, 3.05) is 20.3 Å². The Morgan fingerprint density at radius 1 is 1.22 bits per heavy atom. The zero-order chi connectivity index (χ0) is 16.4. The smallest absolute Gasteiger partial charge is 0.303 e. The molecule has 2 heterocycles. The van der Waals surface area contributed by atoms with Gasteiger partial charge in [-0.15, -0.1) is 0 Å². The van der Waals surface area contributed by atoms with Crippen molar-refractivity contribution in [1.29, 1.82) is 0 Å². The molecule has 23 heavy (non-hydrogen) atoms. The Hall–Kier alpha value is -0.690. The molecule has 0 aromatic heterocycles. The molecule has 1 aliphatic carbocycles. The van der Waals surface area contributed by atoms with E-state index in [0.717, 1.165) is 25.7 Å². The summed E-state index contributed by atoms with van der Waals surface area (Å²) in [4.78, 5) is 11.6. The van der Waals surface area contributed by atoms with Gasteiger partial charge in [0, 0.05) is 32.8 Å². The van der Waals surface area contributed by atoms with Crippen molar-refractivity contribution in [3.63, 3.8) is 0 Å². The van der Waals surface area contributed by atoms with Crippen LogP contribution < -0.4 is 0 Å². The average Bonchev–Trinajstić information content (AvgIpc) is 3.09. The fraction of sp³-hybridized carbons (Fsp3) is 0.941. The predicted octanol–water partition coefficient (Wildman–Crippen LogP) is 2.04. The van der Waals surface area contributed by atoms with Crippen LogP contribution in [0.2, 0.25) is 0 Å². The molecule has 0 bridgehead atoms. The van der Waals surface area contributed by atoms with E-state index >= 15 is 0 Å². The average molecular weight is 328 g/mol. The Morgan fingerprint density at radius 3 is 2.61 bits per heavy atom. The molecule has 0 amide bonds. The second kappa shape index (κ2) is 7.05. The van der Waals surface area contributed by atoms with E-state index in [1.165, 1.54) is 13.3 Å². The van der Waals surface area contributed by atoms with Crippen LogP contribution in [0.1, 0.15) is 46.0 Å². The SMILES string of the molecule is CO[C@@H]1[C@@H]([C@@H](OC(C)=O)[C@H]2COC3(CCCCC3)O2)OC[C@@H]1C. The summed E-state index contributed by atoms with van der Waals surface area (Å²) in [7, 11) is 1.67. The summed E-state index contributed by atoms with van der Waals surface area (Å²) in [6.07, 6.45) is 4.05. The second-order valence-electron chi connectivity index (χ2n) is 6.99. The molecule has 3 rings (SSSR count). The first-order valence-electron chi connectivity index (χ1n) is 8.68. The largest absolute Gasteiger partial charge is 0.457 e. The molecule has 2 saturated heterocycles. The lowest BCUT2D eigenvalue weighted by atomic mass is 9.94. The van der Waals surface area contributed by atoms with Crippen LogP contribution in [0.25, 0.3) is 0 Å². The molecular weight excluding hydrogens is 300 g/mol. The third kappa shape index (κ3) is 3.55. The van der Waals surface area contributed by atoms with E-state index in [1.807, 2.05) is 0 Å². The van der Waals surface area contributed by atoms with Gasteiger partial charge in [-0.1, -0.05) is 13.3 Å². The van der Waals surface area contributed by atoms with Crippen molar-refractivity contribution >= 4 is 5.97 Å². The second-order valence-corrected chi connectivity index (χ2v) is 6.99. The zero-order valence-electron chi connectivity index (χ0n) is 14.3. The van der Waals surface area contributed by atoms with E-state index in [2.05, 4.69) is 6.92 Å². The molecule has 0 aromatic rings. The van der Waals surface area contributed by atoms with Crippen molar-refractivity contribution in [2.24, 2.45) is 5.92 Å². The van der Waals surface area contributed by atoms with Crippen LogP contribution in [0.15, 0.2) is 0 Å². The van der Waals surface area contributed by atoms with Gasteiger partial charge in [0.25, 0.3) is 0 Å². The maximum Gasteiger partial charge on any atom is 0.303 e. The number of ether oxygens (including phenoxy) is 5. The Morgan fingerprint density at radius 2 is 1.96 bits per heavy atom. The van der Waals surface area contributed by atoms with Gasteiger partial charge < -0.3 is 23.7 Å². The molecule has 5 atom stereocenters. The Balaban J connectivity index is 1.73. The van der Waals surface area contributed by atoms with Crippen LogP contribution in [0, 0.1) is 5.92 Å². The summed E-state index contributed by atoms with van der Waals surface area (Å²) < 4.78 is 29.3. The van der Waals surface area contributed by atoms with E-state index in [-0.39, 0.29) is 30.2 Å². The number of hydrogen-bond donors (Lipinski definition) is 0. The maximum absolute atomic E-state index is 11.6. The minimum Gasteiger partial charge on any atom is -0.457 e. The minimum absolute atomic E-state index is 0.106. The van der Waals surface area contributed by atoms with E-state index in [4.69, 9.17) is 23.7 Å². The summed E-state index contributed by atoms with van der Waals surface area (Å²) in [6.45, 7) is 4.52. The minimum atomic E-state index is -0.497. The van der Waals surface area contributed by atoms with Gasteiger partial charge in [0.05, 0.1) is 19.3 Å². The quantitative estimate of drug-likeness (QED) is 0.736. The highest BCUT2D eigenvalue weighted by molar-refractivity contribution is 5.66. The molecule has 6 nitrogen and oxygen atoms in total. The van der Waals surface area contributed by atoms with Gasteiger partial charge in [-0.05, 0) is 12.8 Å². The van der Waals surface area contributed by atoms with Crippen molar-refractivity contribution in [2.45, 2.75) is 76.2 Å². The van der Waals surface area contributed by atoms with Gasteiger partial charge in [-0.2, -0.15) is 0 Å². The number of carbonyl (C=O) groups is 1. The normalized spacial score (nSPS) is 37.9. The highest BCUT2D eigenvalue weighted by Crippen LogP contribution is 2.40. The molecular formula is C17H28O6. The molecule has 1 saturated carbocycles. The molecule has 3 aliphatic rings.